The second-order valence-corrected chi connectivity index (χ2v) is 4.41. The first-order valence-electron chi connectivity index (χ1n) is 5.23. The molecule has 1 rings (SSSR count). The van der Waals surface area contributed by atoms with Crippen LogP contribution >= 0.6 is 0 Å². The Hall–Kier alpha value is -1.15. The lowest BCUT2D eigenvalue weighted by Gasteiger charge is -2.32. The Bertz CT molecular complexity index is 330. The van der Waals surface area contributed by atoms with E-state index in [0.717, 1.165) is 5.56 Å². The van der Waals surface area contributed by atoms with Gasteiger partial charge in [0, 0.05) is 11.5 Å². The lowest BCUT2D eigenvalue weighted by molar-refractivity contribution is -0.126. The molecule has 1 atom stereocenters. The van der Waals surface area contributed by atoms with Crippen molar-refractivity contribution in [2.45, 2.75) is 26.8 Å². The van der Waals surface area contributed by atoms with E-state index in [1.54, 1.807) is 6.92 Å². The minimum atomic E-state index is -0.379. The highest BCUT2D eigenvalue weighted by atomic mass is 16.1. The van der Waals surface area contributed by atoms with E-state index < -0.39 is 0 Å². The number of carbonyl (C=O) groups excluding carboxylic acids is 1. The average molecular weight is 205 g/mol. The van der Waals surface area contributed by atoms with E-state index >= 15 is 0 Å². The van der Waals surface area contributed by atoms with Crippen LogP contribution in [-0.2, 0) is 4.79 Å². The molecular formula is C13H19NO. The molecule has 0 aliphatic heterocycles. The van der Waals surface area contributed by atoms with Gasteiger partial charge in [-0.15, -0.1) is 0 Å². The monoisotopic (exact) mass is 205 g/mol. The van der Waals surface area contributed by atoms with Crippen LogP contribution in [0.2, 0.25) is 0 Å². The number of ketones is 1. The number of Topliss-reactive ketones (excluding diaryl/α,β-unsaturated/α-hetero) is 1. The lowest BCUT2D eigenvalue weighted by Crippen LogP contribution is -2.37. The maximum absolute atomic E-state index is 11.6. The van der Waals surface area contributed by atoms with E-state index in [9.17, 15) is 4.79 Å². The van der Waals surface area contributed by atoms with Gasteiger partial charge < -0.3 is 5.32 Å². The van der Waals surface area contributed by atoms with Gasteiger partial charge >= 0.3 is 0 Å². The molecule has 82 valence electrons. The molecule has 0 amide bonds. The maximum Gasteiger partial charge on any atom is 0.137 e. The van der Waals surface area contributed by atoms with Crippen molar-refractivity contribution in [1.29, 1.82) is 0 Å². The van der Waals surface area contributed by atoms with Gasteiger partial charge in [-0.1, -0.05) is 44.2 Å². The van der Waals surface area contributed by atoms with Crippen molar-refractivity contribution < 1.29 is 4.79 Å². The molecule has 0 bridgehead atoms. The number of carbonyl (C=O) groups is 1. The Kier molecular flexibility index (Phi) is 3.64. The normalized spacial score (nSPS) is 13.6. The summed E-state index contributed by atoms with van der Waals surface area (Å²) < 4.78 is 0. The van der Waals surface area contributed by atoms with Crippen LogP contribution in [-0.4, -0.2) is 12.8 Å². The Labute approximate surface area is 91.7 Å². The summed E-state index contributed by atoms with van der Waals surface area (Å²) in [7, 11) is 1.89. The number of hydrogen-bond acceptors (Lipinski definition) is 2. The third kappa shape index (κ3) is 2.45. The predicted molar refractivity (Wildman–Crippen MR) is 62.7 cm³/mol. The van der Waals surface area contributed by atoms with Crippen LogP contribution in [0.25, 0.3) is 0 Å². The summed E-state index contributed by atoms with van der Waals surface area (Å²) in [6, 6.07) is 10.1. The van der Waals surface area contributed by atoms with Gasteiger partial charge in [0.15, 0.2) is 0 Å². The molecule has 15 heavy (non-hydrogen) atoms. The fraction of sp³-hybridized carbons (Fsp3) is 0.462. The number of rotatable bonds is 4. The molecule has 0 heterocycles. The topological polar surface area (TPSA) is 29.1 Å². The van der Waals surface area contributed by atoms with Gasteiger partial charge in [-0.25, -0.2) is 0 Å². The van der Waals surface area contributed by atoms with Crippen LogP contribution in [0.1, 0.15) is 32.4 Å². The van der Waals surface area contributed by atoms with Gasteiger partial charge in [0.25, 0.3) is 0 Å². The van der Waals surface area contributed by atoms with Crippen LogP contribution < -0.4 is 5.32 Å². The van der Waals surface area contributed by atoms with Crippen molar-refractivity contribution in [3.8, 4) is 0 Å². The van der Waals surface area contributed by atoms with E-state index in [2.05, 4.69) is 5.32 Å². The maximum atomic E-state index is 11.6. The summed E-state index contributed by atoms with van der Waals surface area (Å²) in [5.74, 6) is 0.200. The van der Waals surface area contributed by atoms with E-state index in [4.69, 9.17) is 0 Å². The van der Waals surface area contributed by atoms with Crippen LogP contribution in [0, 0.1) is 5.41 Å². The van der Waals surface area contributed by atoms with Crippen LogP contribution in [0.3, 0.4) is 0 Å². The minimum absolute atomic E-state index is 0.0659. The van der Waals surface area contributed by atoms with Gasteiger partial charge in [0.2, 0.25) is 0 Å². The number of nitrogens with one attached hydrogen (secondary N) is 1. The first-order chi connectivity index (χ1) is 7.00. The summed E-state index contributed by atoms with van der Waals surface area (Å²) >= 11 is 0. The third-order valence-electron chi connectivity index (χ3n) is 3.05. The zero-order chi connectivity index (χ0) is 11.5. The Morgan fingerprint density at radius 1 is 1.27 bits per heavy atom. The van der Waals surface area contributed by atoms with E-state index in [0.29, 0.717) is 0 Å². The van der Waals surface area contributed by atoms with E-state index in [1.165, 1.54) is 0 Å². The molecule has 0 saturated heterocycles. The largest absolute Gasteiger partial charge is 0.312 e. The second-order valence-electron chi connectivity index (χ2n) is 4.41. The van der Waals surface area contributed by atoms with Crippen LogP contribution in [0.15, 0.2) is 30.3 Å². The zero-order valence-corrected chi connectivity index (χ0v) is 9.87. The van der Waals surface area contributed by atoms with Crippen molar-refractivity contribution in [2.75, 3.05) is 7.05 Å². The smallest absolute Gasteiger partial charge is 0.137 e. The fourth-order valence-corrected chi connectivity index (χ4v) is 1.79. The molecule has 0 saturated carbocycles. The molecule has 1 N–H and O–H groups in total. The highest BCUT2D eigenvalue weighted by Gasteiger charge is 2.33. The fourth-order valence-electron chi connectivity index (χ4n) is 1.79. The molecule has 2 nitrogen and oxygen atoms in total. The zero-order valence-electron chi connectivity index (χ0n) is 9.87. The van der Waals surface area contributed by atoms with Gasteiger partial charge in [0.05, 0.1) is 0 Å². The van der Waals surface area contributed by atoms with Crippen molar-refractivity contribution in [3.63, 3.8) is 0 Å². The molecule has 1 aromatic carbocycles. The lowest BCUT2D eigenvalue weighted by atomic mass is 9.77. The molecule has 0 spiro atoms. The molecule has 0 fully saturated rings. The van der Waals surface area contributed by atoms with Gasteiger partial charge in [-0.3, -0.25) is 4.79 Å². The van der Waals surface area contributed by atoms with E-state index in [-0.39, 0.29) is 17.2 Å². The summed E-state index contributed by atoms with van der Waals surface area (Å²) in [5, 5.41) is 3.22. The second kappa shape index (κ2) is 4.58. The van der Waals surface area contributed by atoms with Crippen LogP contribution in [0.5, 0.6) is 0 Å². The third-order valence-corrected chi connectivity index (χ3v) is 3.05. The molecule has 2 heteroatoms. The van der Waals surface area contributed by atoms with Crippen molar-refractivity contribution in [1.82, 2.24) is 5.32 Å². The van der Waals surface area contributed by atoms with Gasteiger partial charge in [-0.05, 0) is 19.5 Å². The molecule has 0 aliphatic carbocycles. The van der Waals surface area contributed by atoms with Gasteiger partial charge in [0.1, 0.15) is 5.78 Å². The summed E-state index contributed by atoms with van der Waals surface area (Å²) in [6.45, 7) is 5.60. The Balaban J connectivity index is 3.05. The number of hydrogen-bond donors (Lipinski definition) is 1. The summed E-state index contributed by atoms with van der Waals surface area (Å²) in [4.78, 5) is 11.6. The van der Waals surface area contributed by atoms with Crippen molar-refractivity contribution >= 4 is 5.78 Å². The first kappa shape index (κ1) is 11.9. The minimum Gasteiger partial charge on any atom is -0.312 e. The molecule has 0 aliphatic rings. The summed E-state index contributed by atoms with van der Waals surface area (Å²) in [6.07, 6.45) is 0. The average Bonchev–Trinajstić information content (AvgIpc) is 2.19. The molecule has 1 aromatic rings. The standard InChI is InChI=1S/C13H19NO/c1-10(15)13(2,3)12(14-4)11-8-6-5-7-9-11/h5-9,12,14H,1-4H3. The van der Waals surface area contributed by atoms with Crippen molar-refractivity contribution in [3.05, 3.63) is 35.9 Å². The molecular weight excluding hydrogens is 186 g/mol. The van der Waals surface area contributed by atoms with Crippen molar-refractivity contribution in [2.24, 2.45) is 5.41 Å². The Morgan fingerprint density at radius 3 is 2.20 bits per heavy atom. The highest BCUT2D eigenvalue weighted by molar-refractivity contribution is 5.82. The quantitative estimate of drug-likeness (QED) is 0.818. The molecule has 1 unspecified atom stereocenters. The first-order valence-corrected chi connectivity index (χ1v) is 5.23. The van der Waals surface area contributed by atoms with Crippen LogP contribution in [0.4, 0.5) is 0 Å². The molecule has 0 radical (unpaired) electrons. The Morgan fingerprint density at radius 2 is 1.80 bits per heavy atom. The highest BCUT2D eigenvalue weighted by Crippen LogP contribution is 2.33. The van der Waals surface area contributed by atoms with Gasteiger partial charge in [-0.2, -0.15) is 0 Å². The number of benzene rings is 1. The summed E-state index contributed by atoms with van der Waals surface area (Å²) in [5.41, 5.74) is 0.774. The predicted octanol–water partition coefficient (Wildman–Crippen LogP) is 2.56. The SMILES string of the molecule is CNC(c1ccccc1)C(C)(C)C(C)=O. The van der Waals surface area contributed by atoms with E-state index in [1.807, 2.05) is 51.2 Å². The molecule has 0 aromatic heterocycles.